The van der Waals surface area contributed by atoms with Gasteiger partial charge >= 0.3 is 0 Å². The van der Waals surface area contributed by atoms with E-state index in [1.807, 2.05) is 24.5 Å². The number of hydrogen-bond donors (Lipinski definition) is 1. The second kappa shape index (κ2) is 6.89. The minimum atomic E-state index is -0.236. The molecule has 5 rings (SSSR count). The highest BCUT2D eigenvalue weighted by molar-refractivity contribution is 6.03. The molecular weight excluding hydrogens is 340 g/mol. The maximum atomic E-state index is 12.3. The number of fused-ring (bicyclic) bond motifs is 2. The number of hydrogen-bond acceptors (Lipinski definition) is 4. The first kappa shape index (κ1) is 16.6. The molecule has 0 saturated carbocycles. The molecule has 2 aliphatic rings. The molecule has 140 valence electrons. The van der Waals surface area contributed by atoms with Crippen molar-refractivity contribution in [3.63, 3.8) is 0 Å². The molecule has 2 aliphatic heterocycles. The lowest BCUT2D eigenvalue weighted by Crippen LogP contribution is -2.44. The number of benzene rings is 1. The molecule has 0 spiro atoms. The van der Waals surface area contributed by atoms with Gasteiger partial charge in [0.2, 0.25) is 0 Å². The van der Waals surface area contributed by atoms with Crippen LogP contribution >= 0.6 is 0 Å². The van der Waals surface area contributed by atoms with Gasteiger partial charge in [-0.2, -0.15) is 0 Å². The van der Waals surface area contributed by atoms with Crippen LogP contribution in [0.1, 0.15) is 54.1 Å². The van der Waals surface area contributed by atoms with E-state index in [1.165, 1.54) is 57.0 Å². The van der Waals surface area contributed by atoms with E-state index in [9.17, 15) is 4.79 Å². The van der Waals surface area contributed by atoms with Gasteiger partial charge in [-0.25, -0.2) is 0 Å². The summed E-state index contributed by atoms with van der Waals surface area (Å²) in [7, 11) is 0. The van der Waals surface area contributed by atoms with E-state index >= 15 is 0 Å². The summed E-state index contributed by atoms with van der Waals surface area (Å²) in [6, 6.07) is 9.93. The van der Waals surface area contributed by atoms with Crippen molar-refractivity contribution >= 4 is 22.6 Å². The molecule has 0 aliphatic carbocycles. The number of rotatable bonds is 3. The zero-order valence-corrected chi connectivity index (χ0v) is 15.3. The molecule has 2 fully saturated rings. The average molecular weight is 364 g/mol. The number of nitrogens with zero attached hydrogens (tertiary/aromatic N) is 1. The van der Waals surface area contributed by atoms with Crippen LogP contribution in [0.3, 0.4) is 0 Å². The Labute approximate surface area is 158 Å². The lowest BCUT2D eigenvalue weighted by atomic mass is 9.82. The van der Waals surface area contributed by atoms with Crippen LogP contribution < -0.4 is 5.32 Å². The number of carbonyl (C=O) groups is 1. The van der Waals surface area contributed by atoms with Crippen molar-refractivity contribution in [3.8, 4) is 0 Å². The van der Waals surface area contributed by atoms with Crippen molar-refractivity contribution in [1.29, 1.82) is 0 Å². The topological polar surface area (TPSA) is 58.6 Å². The minimum absolute atomic E-state index is 0.236. The highest BCUT2D eigenvalue weighted by Crippen LogP contribution is 2.39. The summed E-state index contributed by atoms with van der Waals surface area (Å²) in [5.74, 6) is 0.605. The molecule has 2 aromatic heterocycles. The van der Waals surface area contributed by atoms with E-state index < -0.39 is 0 Å². The Morgan fingerprint density at radius 2 is 2.07 bits per heavy atom. The molecule has 0 radical (unpaired) electrons. The molecule has 27 heavy (non-hydrogen) atoms. The molecule has 2 unspecified atom stereocenters. The third-order valence-electron chi connectivity index (χ3n) is 6.12. The monoisotopic (exact) mass is 364 g/mol. The van der Waals surface area contributed by atoms with E-state index in [1.54, 1.807) is 12.1 Å². The third-order valence-corrected chi connectivity index (χ3v) is 6.12. The Hall–Kier alpha value is -2.53. The molecule has 2 saturated heterocycles. The summed E-state index contributed by atoms with van der Waals surface area (Å²) in [5, 5.41) is 4.03. The van der Waals surface area contributed by atoms with Crippen LogP contribution in [0.2, 0.25) is 0 Å². The standard InChI is InChI=1S/C22H24N2O3/c25-22(21-5-3-11-26-21)23-16-6-7-20-18(13-16)19(14-27-20)15-8-10-24-9-2-1-4-17(24)12-15/h3,5-7,11,13-15,17H,1-2,4,8-10,12H2,(H,23,25). The minimum Gasteiger partial charge on any atom is -0.464 e. The normalized spacial score (nSPS) is 23.3. The van der Waals surface area contributed by atoms with Crippen LogP contribution in [0, 0.1) is 0 Å². The van der Waals surface area contributed by atoms with Crippen LogP contribution in [-0.2, 0) is 0 Å². The number of carbonyl (C=O) groups excluding carboxylic acids is 1. The van der Waals surface area contributed by atoms with E-state index in [0.29, 0.717) is 17.7 Å². The summed E-state index contributed by atoms with van der Waals surface area (Å²) in [4.78, 5) is 14.9. The first-order valence-corrected chi connectivity index (χ1v) is 9.88. The van der Waals surface area contributed by atoms with Crippen LogP contribution in [-0.4, -0.2) is 29.9 Å². The van der Waals surface area contributed by atoms with Crippen LogP contribution in [0.4, 0.5) is 5.69 Å². The lowest BCUT2D eigenvalue weighted by molar-refractivity contribution is 0.0975. The highest BCUT2D eigenvalue weighted by atomic mass is 16.3. The SMILES string of the molecule is O=C(Nc1ccc2occ(C3CCN4CCCCC4C3)c2c1)c1ccco1. The van der Waals surface area contributed by atoms with E-state index in [4.69, 9.17) is 8.83 Å². The molecule has 5 nitrogen and oxygen atoms in total. The largest absolute Gasteiger partial charge is 0.464 e. The van der Waals surface area contributed by atoms with Crippen LogP contribution in [0.25, 0.3) is 11.0 Å². The van der Waals surface area contributed by atoms with Crippen molar-refractivity contribution in [2.24, 2.45) is 0 Å². The molecule has 2 atom stereocenters. The van der Waals surface area contributed by atoms with E-state index in [0.717, 1.165) is 16.7 Å². The smallest absolute Gasteiger partial charge is 0.291 e. The second-order valence-electron chi connectivity index (χ2n) is 7.74. The number of amides is 1. The van der Waals surface area contributed by atoms with Gasteiger partial charge in [0.15, 0.2) is 5.76 Å². The third kappa shape index (κ3) is 3.16. The summed E-state index contributed by atoms with van der Waals surface area (Å²) in [6.07, 6.45) is 9.82. The van der Waals surface area contributed by atoms with Crippen molar-refractivity contribution in [2.45, 2.75) is 44.1 Å². The van der Waals surface area contributed by atoms with Crippen LogP contribution in [0.5, 0.6) is 0 Å². The Bertz CT molecular complexity index is 944. The van der Waals surface area contributed by atoms with Crippen molar-refractivity contribution in [2.75, 3.05) is 18.4 Å². The predicted octanol–water partition coefficient (Wildman–Crippen LogP) is 5.01. The lowest BCUT2D eigenvalue weighted by Gasteiger charge is -2.42. The molecular formula is C22H24N2O3. The maximum Gasteiger partial charge on any atom is 0.291 e. The highest BCUT2D eigenvalue weighted by Gasteiger charge is 2.32. The van der Waals surface area contributed by atoms with Gasteiger partial charge in [0, 0.05) is 22.7 Å². The van der Waals surface area contributed by atoms with Crippen molar-refractivity contribution < 1.29 is 13.6 Å². The fraction of sp³-hybridized carbons (Fsp3) is 0.409. The summed E-state index contributed by atoms with van der Waals surface area (Å²) in [5.41, 5.74) is 2.93. The number of anilines is 1. The predicted molar refractivity (Wildman–Crippen MR) is 104 cm³/mol. The molecule has 1 aromatic carbocycles. The fourth-order valence-electron chi connectivity index (χ4n) is 4.71. The van der Waals surface area contributed by atoms with E-state index in [2.05, 4.69) is 10.2 Å². The summed E-state index contributed by atoms with van der Waals surface area (Å²) in [6.45, 7) is 2.43. The average Bonchev–Trinajstić information content (AvgIpc) is 3.37. The van der Waals surface area contributed by atoms with Crippen molar-refractivity contribution in [3.05, 3.63) is 54.2 Å². The van der Waals surface area contributed by atoms with Gasteiger partial charge in [0.05, 0.1) is 12.5 Å². The van der Waals surface area contributed by atoms with Gasteiger partial charge in [0.1, 0.15) is 5.58 Å². The number of nitrogens with one attached hydrogen (secondary N) is 1. The molecule has 4 heterocycles. The molecule has 0 bridgehead atoms. The summed E-state index contributed by atoms with van der Waals surface area (Å²) >= 11 is 0. The van der Waals surface area contributed by atoms with Gasteiger partial charge in [-0.05, 0) is 75.0 Å². The molecule has 1 amide bonds. The Kier molecular flexibility index (Phi) is 4.24. The fourth-order valence-corrected chi connectivity index (χ4v) is 4.71. The number of piperidine rings is 2. The van der Waals surface area contributed by atoms with Gasteiger partial charge < -0.3 is 19.1 Å². The Balaban J connectivity index is 1.39. The van der Waals surface area contributed by atoms with Gasteiger partial charge in [-0.1, -0.05) is 6.42 Å². The molecule has 1 N–H and O–H groups in total. The second-order valence-corrected chi connectivity index (χ2v) is 7.74. The molecule has 5 heteroatoms. The van der Waals surface area contributed by atoms with Crippen LogP contribution in [0.15, 0.2) is 51.7 Å². The van der Waals surface area contributed by atoms with E-state index in [-0.39, 0.29) is 5.91 Å². The number of furan rings is 2. The quantitative estimate of drug-likeness (QED) is 0.710. The van der Waals surface area contributed by atoms with Gasteiger partial charge in [-0.3, -0.25) is 4.79 Å². The zero-order chi connectivity index (χ0) is 18.2. The van der Waals surface area contributed by atoms with Crippen molar-refractivity contribution in [1.82, 2.24) is 4.90 Å². The first-order valence-electron chi connectivity index (χ1n) is 9.88. The first-order chi connectivity index (χ1) is 13.3. The maximum absolute atomic E-state index is 12.3. The van der Waals surface area contributed by atoms with Gasteiger partial charge in [-0.15, -0.1) is 0 Å². The zero-order valence-electron chi connectivity index (χ0n) is 15.3. The Morgan fingerprint density at radius 1 is 1.11 bits per heavy atom. The molecule has 3 aromatic rings. The Morgan fingerprint density at radius 3 is 2.96 bits per heavy atom. The van der Waals surface area contributed by atoms with Gasteiger partial charge in [0.25, 0.3) is 5.91 Å². The summed E-state index contributed by atoms with van der Waals surface area (Å²) < 4.78 is 11.0.